The van der Waals surface area contributed by atoms with Gasteiger partial charge in [-0.25, -0.2) is 4.39 Å². The van der Waals surface area contributed by atoms with Gasteiger partial charge in [-0.05, 0) is 24.6 Å². The number of amides is 1. The van der Waals surface area contributed by atoms with Gasteiger partial charge in [0.25, 0.3) is 5.91 Å². The van der Waals surface area contributed by atoms with E-state index in [0.717, 1.165) is 6.07 Å². The molecule has 1 unspecified atom stereocenters. The first-order valence-corrected chi connectivity index (χ1v) is 6.82. The Hall–Kier alpha value is -1.92. The lowest BCUT2D eigenvalue weighted by molar-refractivity contribution is 0.0916. The number of hydrogen-bond donors (Lipinski definition) is 2. The van der Waals surface area contributed by atoms with Gasteiger partial charge in [-0.2, -0.15) is 5.10 Å². The Bertz CT molecular complexity index is 645. The summed E-state index contributed by atoms with van der Waals surface area (Å²) in [7, 11) is 0. The van der Waals surface area contributed by atoms with Crippen molar-refractivity contribution in [3.63, 3.8) is 0 Å². The van der Waals surface area contributed by atoms with E-state index < -0.39 is 11.9 Å². The number of halogens is 2. The van der Waals surface area contributed by atoms with Gasteiger partial charge in [-0.1, -0.05) is 17.7 Å². The van der Waals surface area contributed by atoms with E-state index in [4.69, 9.17) is 11.6 Å². The highest BCUT2D eigenvalue weighted by Gasteiger charge is 2.13. The molecule has 0 fully saturated rings. The van der Waals surface area contributed by atoms with E-state index in [1.165, 1.54) is 18.3 Å². The molecule has 1 aromatic carbocycles. The largest absolute Gasteiger partial charge is 0.387 e. The van der Waals surface area contributed by atoms with Crippen LogP contribution in [0.3, 0.4) is 0 Å². The molecule has 1 aromatic heterocycles. The molecule has 1 atom stereocenters. The molecule has 0 saturated carbocycles. The molecule has 0 spiro atoms. The second-order valence-corrected chi connectivity index (χ2v) is 4.89. The second-order valence-electron chi connectivity index (χ2n) is 4.48. The third-order valence-corrected chi connectivity index (χ3v) is 3.31. The van der Waals surface area contributed by atoms with Gasteiger partial charge < -0.3 is 10.4 Å². The van der Waals surface area contributed by atoms with Crippen molar-refractivity contribution < 1.29 is 14.3 Å². The second kappa shape index (κ2) is 6.69. The summed E-state index contributed by atoms with van der Waals surface area (Å²) in [6.07, 6.45) is 2.05. The van der Waals surface area contributed by atoms with Crippen molar-refractivity contribution in [2.75, 3.05) is 6.54 Å². The molecule has 5 nitrogen and oxygen atoms in total. The minimum atomic E-state index is -1.01. The first-order chi connectivity index (χ1) is 10.0. The van der Waals surface area contributed by atoms with Crippen LogP contribution >= 0.6 is 11.6 Å². The number of aromatic nitrogens is 2. The maximum absolute atomic E-state index is 13.3. The number of nitrogens with zero attached hydrogens (tertiary/aromatic N) is 2. The molecule has 2 rings (SSSR count). The SMILES string of the molecule is CCn1cc(C(=O)NCC(O)c2ccc(Cl)c(F)c2)cn1. The normalized spacial score (nSPS) is 12.2. The number of rotatable bonds is 5. The number of hydrogen-bond acceptors (Lipinski definition) is 3. The molecule has 21 heavy (non-hydrogen) atoms. The number of benzene rings is 1. The summed E-state index contributed by atoms with van der Waals surface area (Å²) in [6, 6.07) is 4.02. The Morgan fingerprint density at radius 1 is 1.57 bits per heavy atom. The van der Waals surface area contributed by atoms with E-state index in [1.54, 1.807) is 10.9 Å². The number of aryl methyl sites for hydroxylation is 1. The van der Waals surface area contributed by atoms with Crippen LogP contribution in [-0.2, 0) is 6.54 Å². The molecule has 0 bridgehead atoms. The summed E-state index contributed by atoms with van der Waals surface area (Å²) in [5.41, 5.74) is 0.757. The maximum atomic E-state index is 13.3. The molecule has 0 aliphatic rings. The quantitative estimate of drug-likeness (QED) is 0.889. The minimum Gasteiger partial charge on any atom is -0.387 e. The molecule has 1 heterocycles. The number of nitrogens with one attached hydrogen (secondary N) is 1. The third-order valence-electron chi connectivity index (χ3n) is 3.00. The van der Waals surface area contributed by atoms with E-state index in [2.05, 4.69) is 10.4 Å². The lowest BCUT2D eigenvalue weighted by atomic mass is 10.1. The van der Waals surface area contributed by atoms with Crippen LogP contribution in [-0.4, -0.2) is 27.3 Å². The number of aliphatic hydroxyl groups is 1. The zero-order valence-corrected chi connectivity index (χ0v) is 12.1. The van der Waals surface area contributed by atoms with Crippen LogP contribution in [0.4, 0.5) is 4.39 Å². The van der Waals surface area contributed by atoms with Crippen molar-refractivity contribution in [2.24, 2.45) is 0 Å². The number of aliphatic hydroxyl groups excluding tert-OH is 1. The van der Waals surface area contributed by atoms with E-state index in [9.17, 15) is 14.3 Å². The fourth-order valence-corrected chi connectivity index (χ4v) is 1.90. The summed E-state index contributed by atoms with van der Waals surface area (Å²) in [5, 5.41) is 16.5. The third kappa shape index (κ3) is 3.80. The molecule has 0 radical (unpaired) electrons. The highest BCUT2D eigenvalue weighted by Crippen LogP contribution is 2.19. The van der Waals surface area contributed by atoms with Gasteiger partial charge in [-0.15, -0.1) is 0 Å². The molecular weight excluding hydrogens is 297 g/mol. The average Bonchev–Trinajstić information content (AvgIpc) is 2.96. The van der Waals surface area contributed by atoms with Crippen LogP contribution in [0.15, 0.2) is 30.6 Å². The van der Waals surface area contributed by atoms with Crippen molar-refractivity contribution >= 4 is 17.5 Å². The topological polar surface area (TPSA) is 67.2 Å². The summed E-state index contributed by atoms with van der Waals surface area (Å²) < 4.78 is 14.9. The van der Waals surface area contributed by atoms with E-state index in [-0.39, 0.29) is 17.5 Å². The highest BCUT2D eigenvalue weighted by molar-refractivity contribution is 6.30. The maximum Gasteiger partial charge on any atom is 0.254 e. The van der Waals surface area contributed by atoms with Crippen molar-refractivity contribution in [1.82, 2.24) is 15.1 Å². The molecule has 0 aliphatic carbocycles. The molecule has 7 heteroatoms. The van der Waals surface area contributed by atoms with Crippen molar-refractivity contribution in [2.45, 2.75) is 19.6 Å². The highest BCUT2D eigenvalue weighted by atomic mass is 35.5. The first-order valence-electron chi connectivity index (χ1n) is 6.45. The summed E-state index contributed by atoms with van der Waals surface area (Å²) in [4.78, 5) is 11.9. The molecule has 2 N–H and O–H groups in total. The smallest absolute Gasteiger partial charge is 0.254 e. The molecular formula is C14H15ClFN3O2. The molecule has 1 amide bonds. The standard InChI is InChI=1S/C14H15ClFN3O2/c1-2-19-8-10(6-18-19)14(21)17-7-13(20)9-3-4-11(15)12(16)5-9/h3-6,8,13,20H,2,7H2,1H3,(H,17,21). The zero-order valence-electron chi connectivity index (χ0n) is 11.4. The average molecular weight is 312 g/mol. The van der Waals surface area contributed by atoms with Crippen LogP contribution in [0.1, 0.15) is 28.9 Å². The fraction of sp³-hybridized carbons (Fsp3) is 0.286. The predicted octanol–water partition coefficient (Wildman–Crippen LogP) is 2.16. The van der Waals surface area contributed by atoms with Gasteiger partial charge in [0.2, 0.25) is 0 Å². The molecule has 0 saturated heterocycles. The minimum absolute atomic E-state index is 0.0121. The first kappa shape index (κ1) is 15.5. The number of carbonyl (C=O) groups is 1. The Kier molecular flexibility index (Phi) is 4.93. The van der Waals surface area contributed by atoms with E-state index in [0.29, 0.717) is 17.7 Å². The lowest BCUT2D eigenvalue weighted by Crippen LogP contribution is -2.28. The zero-order chi connectivity index (χ0) is 15.4. The lowest BCUT2D eigenvalue weighted by Gasteiger charge is -2.12. The van der Waals surface area contributed by atoms with Crippen molar-refractivity contribution in [3.05, 3.63) is 52.6 Å². The van der Waals surface area contributed by atoms with Crippen LogP contribution in [0.25, 0.3) is 0 Å². The summed E-state index contributed by atoms with van der Waals surface area (Å²) in [5.74, 6) is -0.952. The Morgan fingerprint density at radius 2 is 2.33 bits per heavy atom. The predicted molar refractivity (Wildman–Crippen MR) is 76.6 cm³/mol. The van der Waals surface area contributed by atoms with E-state index >= 15 is 0 Å². The van der Waals surface area contributed by atoms with Crippen LogP contribution in [0.5, 0.6) is 0 Å². The molecule has 2 aromatic rings. The van der Waals surface area contributed by atoms with Crippen LogP contribution in [0.2, 0.25) is 5.02 Å². The van der Waals surface area contributed by atoms with Gasteiger partial charge in [0.05, 0.1) is 22.9 Å². The van der Waals surface area contributed by atoms with Gasteiger partial charge >= 0.3 is 0 Å². The molecule has 112 valence electrons. The summed E-state index contributed by atoms with van der Waals surface area (Å²) in [6.45, 7) is 2.55. The number of carbonyl (C=O) groups excluding carboxylic acids is 1. The van der Waals surface area contributed by atoms with Gasteiger partial charge in [-0.3, -0.25) is 9.48 Å². The van der Waals surface area contributed by atoms with Gasteiger partial charge in [0.15, 0.2) is 0 Å². The Morgan fingerprint density at radius 3 is 2.95 bits per heavy atom. The Labute approximate surface area is 126 Å². The fourth-order valence-electron chi connectivity index (χ4n) is 1.78. The Balaban J connectivity index is 1.95. The molecule has 0 aliphatic heterocycles. The van der Waals surface area contributed by atoms with Crippen molar-refractivity contribution in [1.29, 1.82) is 0 Å². The van der Waals surface area contributed by atoms with Gasteiger partial charge in [0.1, 0.15) is 5.82 Å². The van der Waals surface area contributed by atoms with Crippen molar-refractivity contribution in [3.8, 4) is 0 Å². The van der Waals surface area contributed by atoms with Gasteiger partial charge in [0, 0.05) is 19.3 Å². The summed E-state index contributed by atoms with van der Waals surface area (Å²) >= 11 is 5.57. The van der Waals surface area contributed by atoms with E-state index in [1.807, 2.05) is 6.92 Å². The van der Waals surface area contributed by atoms with Crippen LogP contribution in [0, 0.1) is 5.82 Å². The monoisotopic (exact) mass is 311 g/mol. The van der Waals surface area contributed by atoms with Crippen LogP contribution < -0.4 is 5.32 Å².